The second-order valence-electron chi connectivity index (χ2n) is 6.51. The van der Waals surface area contributed by atoms with Crippen LogP contribution in [0, 0.1) is 12.8 Å². The highest BCUT2D eigenvalue weighted by Crippen LogP contribution is 2.43. The topological polar surface area (TPSA) is 32.7 Å². The number of hydrazone groups is 1. The van der Waals surface area contributed by atoms with Gasteiger partial charge < -0.3 is 0 Å². The number of aryl methyl sites for hydroxylation is 2. The molecule has 0 fully saturated rings. The lowest BCUT2D eigenvalue weighted by molar-refractivity contribution is -0.131. The minimum absolute atomic E-state index is 0.00922. The quantitative estimate of drug-likeness (QED) is 0.787. The first-order valence-corrected chi connectivity index (χ1v) is 8.18. The molecule has 2 atom stereocenters. The molecule has 0 N–H and O–H groups in total. The van der Waals surface area contributed by atoms with Crippen LogP contribution in [0.3, 0.4) is 0 Å². The van der Waals surface area contributed by atoms with Gasteiger partial charge in [-0.3, -0.25) is 4.79 Å². The molecule has 4 rings (SSSR count). The van der Waals surface area contributed by atoms with E-state index in [1.807, 2.05) is 18.2 Å². The molecule has 2 aliphatic rings. The zero-order chi connectivity index (χ0) is 16.0. The Morgan fingerprint density at radius 3 is 2.70 bits per heavy atom. The van der Waals surface area contributed by atoms with Crippen LogP contribution >= 0.6 is 0 Å². The van der Waals surface area contributed by atoms with E-state index in [1.54, 1.807) is 11.9 Å². The summed E-state index contributed by atoms with van der Waals surface area (Å²) in [6.45, 7) is 3.71. The Labute approximate surface area is 136 Å². The smallest absolute Gasteiger partial charge is 0.240 e. The summed E-state index contributed by atoms with van der Waals surface area (Å²) >= 11 is 0. The van der Waals surface area contributed by atoms with E-state index in [0.29, 0.717) is 0 Å². The molecule has 3 nitrogen and oxygen atoms in total. The number of fused-ring (bicyclic) bond motifs is 3. The third-order valence-corrected chi connectivity index (χ3v) is 4.94. The van der Waals surface area contributed by atoms with Gasteiger partial charge in [0.15, 0.2) is 0 Å². The number of hydrogen-bond donors (Lipinski definition) is 0. The van der Waals surface area contributed by atoms with Crippen molar-refractivity contribution in [3.05, 3.63) is 70.8 Å². The van der Waals surface area contributed by atoms with E-state index in [2.05, 4.69) is 37.3 Å². The fourth-order valence-electron chi connectivity index (χ4n) is 3.87. The molecule has 0 aromatic heterocycles. The maximum atomic E-state index is 12.2. The van der Waals surface area contributed by atoms with Crippen LogP contribution in [0.25, 0.3) is 0 Å². The fraction of sp³-hybridized carbons (Fsp3) is 0.300. The van der Waals surface area contributed by atoms with Crippen LogP contribution in [0.2, 0.25) is 0 Å². The first kappa shape index (κ1) is 14.2. The lowest BCUT2D eigenvalue weighted by Crippen LogP contribution is -2.31. The van der Waals surface area contributed by atoms with Crippen molar-refractivity contribution in [2.75, 3.05) is 0 Å². The largest absolute Gasteiger partial charge is 0.273 e. The van der Waals surface area contributed by atoms with Crippen molar-refractivity contribution in [3.63, 3.8) is 0 Å². The van der Waals surface area contributed by atoms with Crippen molar-refractivity contribution in [1.29, 1.82) is 0 Å². The normalized spacial score (nSPS) is 22.3. The molecule has 3 heteroatoms. The third-order valence-electron chi connectivity index (χ3n) is 4.94. The summed E-state index contributed by atoms with van der Waals surface area (Å²) in [5.41, 5.74) is 6.07. The third kappa shape index (κ3) is 2.27. The van der Waals surface area contributed by atoms with Crippen molar-refractivity contribution in [2.45, 2.75) is 32.7 Å². The number of carbonyl (C=O) groups is 1. The van der Waals surface area contributed by atoms with E-state index in [-0.39, 0.29) is 17.9 Å². The van der Waals surface area contributed by atoms with Crippen molar-refractivity contribution in [2.24, 2.45) is 11.0 Å². The minimum Gasteiger partial charge on any atom is -0.273 e. The van der Waals surface area contributed by atoms with Gasteiger partial charge in [0.25, 0.3) is 0 Å². The molecule has 0 radical (unpaired) electrons. The summed E-state index contributed by atoms with van der Waals surface area (Å²) in [6.07, 6.45) is 2.09. The van der Waals surface area contributed by atoms with Crippen LogP contribution in [-0.4, -0.2) is 16.6 Å². The van der Waals surface area contributed by atoms with Crippen LogP contribution in [0.4, 0.5) is 0 Å². The monoisotopic (exact) mass is 304 g/mol. The molecule has 116 valence electrons. The molecule has 1 aliphatic carbocycles. The van der Waals surface area contributed by atoms with Gasteiger partial charge in [0.05, 0.1) is 11.8 Å². The van der Waals surface area contributed by atoms with Crippen LogP contribution in [0.15, 0.2) is 53.6 Å². The number of rotatable bonds is 1. The Morgan fingerprint density at radius 2 is 1.96 bits per heavy atom. The van der Waals surface area contributed by atoms with E-state index in [0.717, 1.165) is 18.6 Å². The highest BCUT2D eigenvalue weighted by Gasteiger charge is 2.42. The van der Waals surface area contributed by atoms with Crippen molar-refractivity contribution in [1.82, 2.24) is 5.01 Å². The molecule has 1 amide bonds. The number of amides is 1. The molecule has 0 unspecified atom stereocenters. The molecule has 0 saturated heterocycles. The van der Waals surface area contributed by atoms with Crippen LogP contribution in [0.5, 0.6) is 0 Å². The molecule has 0 saturated carbocycles. The zero-order valence-electron chi connectivity index (χ0n) is 13.5. The number of nitrogens with zero attached hydrogens (tertiary/aromatic N) is 2. The predicted octanol–water partition coefficient (Wildman–Crippen LogP) is 3.86. The Balaban J connectivity index is 1.83. The molecular weight excluding hydrogens is 284 g/mol. The Hall–Kier alpha value is -2.42. The van der Waals surface area contributed by atoms with Gasteiger partial charge in [0, 0.05) is 18.4 Å². The molecule has 2 aromatic carbocycles. The van der Waals surface area contributed by atoms with E-state index >= 15 is 0 Å². The Bertz CT molecular complexity index is 795. The number of carbonyl (C=O) groups excluding carboxylic acids is 1. The van der Waals surface area contributed by atoms with Gasteiger partial charge in [-0.1, -0.05) is 48.0 Å². The van der Waals surface area contributed by atoms with Crippen LogP contribution < -0.4 is 0 Å². The highest BCUT2D eigenvalue weighted by atomic mass is 16.2. The molecule has 1 heterocycles. The number of hydrogen-bond acceptors (Lipinski definition) is 2. The molecule has 2 aromatic rings. The second-order valence-corrected chi connectivity index (χ2v) is 6.51. The average molecular weight is 304 g/mol. The summed E-state index contributed by atoms with van der Waals surface area (Å²) in [4.78, 5) is 12.2. The standard InChI is InChI=1S/C20H20N2O/c1-13-8-9-15-10-11-17-19(18(15)12-13)21-22(14(2)23)20(17)16-6-4-3-5-7-16/h3-9,12,17,20H,10-11H2,1-2H3/t17-,20-/m0/s1. The lowest BCUT2D eigenvalue weighted by Gasteiger charge is -2.29. The van der Waals surface area contributed by atoms with Crippen molar-refractivity contribution in [3.8, 4) is 0 Å². The van der Waals surface area contributed by atoms with E-state index in [1.165, 1.54) is 22.3 Å². The lowest BCUT2D eigenvalue weighted by atomic mass is 9.77. The first-order valence-electron chi connectivity index (χ1n) is 8.18. The summed E-state index contributed by atoms with van der Waals surface area (Å²) in [5.74, 6) is 0.297. The predicted molar refractivity (Wildman–Crippen MR) is 91.2 cm³/mol. The molecule has 0 bridgehead atoms. The highest BCUT2D eigenvalue weighted by molar-refractivity contribution is 6.06. The van der Waals surface area contributed by atoms with Gasteiger partial charge in [-0.05, 0) is 37.0 Å². The zero-order valence-corrected chi connectivity index (χ0v) is 13.5. The molecule has 23 heavy (non-hydrogen) atoms. The van der Waals surface area contributed by atoms with E-state index < -0.39 is 0 Å². The van der Waals surface area contributed by atoms with Crippen molar-refractivity contribution >= 4 is 11.6 Å². The van der Waals surface area contributed by atoms with Crippen LogP contribution in [0.1, 0.15) is 41.6 Å². The van der Waals surface area contributed by atoms with Gasteiger partial charge in [-0.15, -0.1) is 0 Å². The fourth-order valence-corrected chi connectivity index (χ4v) is 3.87. The van der Waals surface area contributed by atoms with Gasteiger partial charge in [0.2, 0.25) is 5.91 Å². The summed E-state index contributed by atoms with van der Waals surface area (Å²) in [5, 5.41) is 6.44. The number of benzene rings is 2. The second kappa shape index (κ2) is 5.34. The maximum Gasteiger partial charge on any atom is 0.240 e. The van der Waals surface area contributed by atoms with Gasteiger partial charge in [-0.25, -0.2) is 5.01 Å². The molecule has 0 spiro atoms. The van der Waals surface area contributed by atoms with Gasteiger partial charge >= 0.3 is 0 Å². The van der Waals surface area contributed by atoms with Gasteiger partial charge in [0.1, 0.15) is 0 Å². The molecular formula is C20H20N2O. The summed E-state index contributed by atoms with van der Waals surface area (Å²) in [6, 6.07) is 16.9. The van der Waals surface area contributed by atoms with Crippen molar-refractivity contribution < 1.29 is 4.79 Å². The summed E-state index contributed by atoms with van der Waals surface area (Å²) in [7, 11) is 0. The Morgan fingerprint density at radius 1 is 1.17 bits per heavy atom. The maximum absolute atomic E-state index is 12.2. The minimum atomic E-state index is 0.00922. The van der Waals surface area contributed by atoms with E-state index in [4.69, 9.17) is 5.10 Å². The first-order chi connectivity index (χ1) is 11.1. The molecule has 1 aliphatic heterocycles. The average Bonchev–Trinajstić information content (AvgIpc) is 2.96. The van der Waals surface area contributed by atoms with Crippen LogP contribution in [-0.2, 0) is 11.2 Å². The Kier molecular flexibility index (Phi) is 3.29. The SMILES string of the molecule is CC(=O)N1N=C2c3cc(C)ccc3CC[C@@H]2[C@@H]1c1ccccc1. The van der Waals surface area contributed by atoms with Gasteiger partial charge in [-0.2, -0.15) is 5.10 Å². The van der Waals surface area contributed by atoms with E-state index in [9.17, 15) is 4.79 Å². The summed E-state index contributed by atoms with van der Waals surface area (Å²) < 4.78 is 0.